The minimum atomic E-state index is 0.438. The molecule has 0 amide bonds. The van der Waals surface area contributed by atoms with E-state index in [1.165, 1.54) is 11.3 Å². The van der Waals surface area contributed by atoms with Crippen molar-refractivity contribution in [1.29, 1.82) is 0 Å². The van der Waals surface area contributed by atoms with Gasteiger partial charge in [0.1, 0.15) is 28.0 Å². The molecule has 0 atom stereocenters. The molecular weight excluding hydrogens is 260 g/mol. The lowest BCUT2D eigenvalue weighted by atomic mass is 10.3. The van der Waals surface area contributed by atoms with Gasteiger partial charge in [-0.25, -0.2) is 15.0 Å². The SMILES string of the molecule is Cc1ncc(-c2nc(-c3cnccn3)cs2)c(N)n1. The molecule has 94 valence electrons. The van der Waals surface area contributed by atoms with Crippen molar-refractivity contribution in [2.24, 2.45) is 0 Å². The molecule has 7 heteroatoms. The fourth-order valence-corrected chi connectivity index (χ4v) is 2.43. The van der Waals surface area contributed by atoms with Crippen LogP contribution < -0.4 is 5.73 Å². The second-order valence-electron chi connectivity index (χ2n) is 3.84. The number of nitrogen functional groups attached to an aromatic ring is 1. The Morgan fingerprint density at radius 2 is 1.95 bits per heavy atom. The van der Waals surface area contributed by atoms with E-state index in [0.717, 1.165) is 22.0 Å². The van der Waals surface area contributed by atoms with E-state index in [4.69, 9.17) is 5.73 Å². The second-order valence-corrected chi connectivity index (χ2v) is 4.70. The van der Waals surface area contributed by atoms with Gasteiger partial charge in [0, 0.05) is 24.0 Å². The van der Waals surface area contributed by atoms with Gasteiger partial charge in [-0.05, 0) is 6.92 Å². The highest BCUT2D eigenvalue weighted by Gasteiger charge is 2.11. The Balaban J connectivity index is 2.02. The van der Waals surface area contributed by atoms with Gasteiger partial charge >= 0.3 is 0 Å². The first-order valence-electron chi connectivity index (χ1n) is 5.55. The molecule has 0 saturated carbocycles. The molecule has 3 rings (SSSR count). The molecule has 0 aliphatic carbocycles. The normalized spacial score (nSPS) is 10.6. The van der Waals surface area contributed by atoms with Crippen LogP contribution in [-0.2, 0) is 0 Å². The number of aryl methyl sites for hydroxylation is 1. The summed E-state index contributed by atoms with van der Waals surface area (Å²) in [6, 6.07) is 0. The minimum Gasteiger partial charge on any atom is -0.383 e. The Hall–Kier alpha value is -2.41. The summed E-state index contributed by atoms with van der Waals surface area (Å²) in [6.45, 7) is 1.80. The predicted molar refractivity (Wildman–Crippen MR) is 73.3 cm³/mol. The van der Waals surface area contributed by atoms with Crippen molar-refractivity contribution in [3.05, 3.63) is 36.0 Å². The Morgan fingerprint density at radius 1 is 1.05 bits per heavy atom. The Morgan fingerprint density at radius 3 is 2.68 bits per heavy atom. The summed E-state index contributed by atoms with van der Waals surface area (Å²) in [4.78, 5) is 21.0. The average Bonchev–Trinajstić information content (AvgIpc) is 2.89. The third kappa shape index (κ3) is 2.27. The van der Waals surface area contributed by atoms with Crippen molar-refractivity contribution >= 4 is 17.2 Å². The third-order valence-electron chi connectivity index (χ3n) is 2.50. The van der Waals surface area contributed by atoms with Gasteiger partial charge in [-0.2, -0.15) is 0 Å². The molecule has 0 bridgehead atoms. The van der Waals surface area contributed by atoms with Crippen molar-refractivity contribution in [2.45, 2.75) is 6.92 Å². The zero-order valence-electron chi connectivity index (χ0n) is 10.1. The lowest BCUT2D eigenvalue weighted by Crippen LogP contribution is -1.98. The zero-order valence-corrected chi connectivity index (χ0v) is 10.9. The molecule has 0 spiro atoms. The maximum Gasteiger partial charge on any atom is 0.137 e. The van der Waals surface area contributed by atoms with Crippen molar-refractivity contribution in [1.82, 2.24) is 24.9 Å². The minimum absolute atomic E-state index is 0.438. The van der Waals surface area contributed by atoms with Gasteiger partial charge < -0.3 is 5.73 Å². The van der Waals surface area contributed by atoms with Crippen molar-refractivity contribution in [2.75, 3.05) is 5.73 Å². The molecule has 3 heterocycles. The molecule has 6 nitrogen and oxygen atoms in total. The molecule has 0 aliphatic rings. The van der Waals surface area contributed by atoms with E-state index in [1.54, 1.807) is 31.7 Å². The summed E-state index contributed by atoms with van der Waals surface area (Å²) in [5.41, 5.74) is 8.13. The van der Waals surface area contributed by atoms with Gasteiger partial charge in [0.05, 0.1) is 11.8 Å². The van der Waals surface area contributed by atoms with Gasteiger partial charge in [0.15, 0.2) is 0 Å². The van der Waals surface area contributed by atoms with Crippen LogP contribution in [0.15, 0.2) is 30.2 Å². The van der Waals surface area contributed by atoms with Crippen molar-refractivity contribution in [3.63, 3.8) is 0 Å². The molecule has 0 unspecified atom stereocenters. The Kier molecular flexibility index (Phi) is 2.88. The van der Waals surface area contributed by atoms with Crippen LogP contribution in [0.2, 0.25) is 0 Å². The van der Waals surface area contributed by atoms with E-state index in [-0.39, 0.29) is 0 Å². The molecule has 19 heavy (non-hydrogen) atoms. The van der Waals surface area contributed by atoms with E-state index in [2.05, 4.69) is 24.9 Å². The fraction of sp³-hybridized carbons (Fsp3) is 0.0833. The highest BCUT2D eigenvalue weighted by molar-refractivity contribution is 7.13. The van der Waals surface area contributed by atoms with Crippen LogP contribution in [0.25, 0.3) is 22.0 Å². The number of anilines is 1. The molecular formula is C12H10N6S. The molecule has 2 N–H and O–H groups in total. The van der Waals surface area contributed by atoms with E-state index in [0.29, 0.717) is 11.6 Å². The first-order valence-corrected chi connectivity index (χ1v) is 6.43. The predicted octanol–water partition coefficient (Wildman–Crippen LogP) is 1.95. The molecule has 0 saturated heterocycles. The van der Waals surface area contributed by atoms with Crippen LogP contribution in [0.1, 0.15) is 5.82 Å². The van der Waals surface area contributed by atoms with Crippen LogP contribution in [0.3, 0.4) is 0 Å². The highest BCUT2D eigenvalue weighted by atomic mass is 32.1. The molecule has 0 aliphatic heterocycles. The van der Waals surface area contributed by atoms with E-state index < -0.39 is 0 Å². The average molecular weight is 270 g/mol. The third-order valence-corrected chi connectivity index (χ3v) is 3.37. The first-order chi connectivity index (χ1) is 9.24. The molecule has 0 fully saturated rings. The van der Waals surface area contributed by atoms with Crippen molar-refractivity contribution in [3.8, 4) is 22.0 Å². The number of rotatable bonds is 2. The number of aromatic nitrogens is 5. The first kappa shape index (κ1) is 11.7. The topological polar surface area (TPSA) is 90.5 Å². The lowest BCUT2D eigenvalue weighted by Gasteiger charge is -2.01. The molecule has 0 radical (unpaired) electrons. The van der Waals surface area contributed by atoms with Gasteiger partial charge in [0.2, 0.25) is 0 Å². The highest BCUT2D eigenvalue weighted by Crippen LogP contribution is 2.29. The maximum absolute atomic E-state index is 5.89. The number of hydrogen-bond acceptors (Lipinski definition) is 7. The van der Waals surface area contributed by atoms with Gasteiger partial charge in [-0.1, -0.05) is 0 Å². The van der Waals surface area contributed by atoms with E-state index in [9.17, 15) is 0 Å². The van der Waals surface area contributed by atoms with Crippen LogP contribution in [0.5, 0.6) is 0 Å². The quantitative estimate of drug-likeness (QED) is 0.765. The van der Waals surface area contributed by atoms with Gasteiger partial charge in [-0.3, -0.25) is 9.97 Å². The largest absolute Gasteiger partial charge is 0.383 e. The van der Waals surface area contributed by atoms with E-state index >= 15 is 0 Å². The Labute approximate surface area is 113 Å². The van der Waals surface area contributed by atoms with Crippen LogP contribution in [0.4, 0.5) is 5.82 Å². The Bertz CT molecular complexity index is 709. The monoisotopic (exact) mass is 270 g/mol. The standard InChI is InChI=1S/C12H10N6S/c1-7-16-4-8(11(13)17-7)12-18-10(6-19-12)9-5-14-2-3-15-9/h2-6H,1H3,(H2,13,16,17). The lowest BCUT2D eigenvalue weighted by molar-refractivity contribution is 1.06. The zero-order chi connectivity index (χ0) is 13.2. The maximum atomic E-state index is 5.89. The van der Waals surface area contributed by atoms with Gasteiger partial charge in [0.25, 0.3) is 0 Å². The van der Waals surface area contributed by atoms with Crippen LogP contribution in [-0.4, -0.2) is 24.9 Å². The summed E-state index contributed by atoms with van der Waals surface area (Å²) in [5.74, 6) is 1.08. The summed E-state index contributed by atoms with van der Waals surface area (Å²) >= 11 is 1.48. The second kappa shape index (κ2) is 4.69. The molecule has 3 aromatic rings. The smallest absolute Gasteiger partial charge is 0.137 e. The van der Waals surface area contributed by atoms with Crippen molar-refractivity contribution < 1.29 is 0 Å². The van der Waals surface area contributed by atoms with Crippen LogP contribution in [0, 0.1) is 6.92 Å². The fourth-order valence-electron chi connectivity index (χ4n) is 1.60. The van der Waals surface area contributed by atoms with Gasteiger partial charge in [-0.15, -0.1) is 11.3 Å². The molecule has 0 aromatic carbocycles. The summed E-state index contributed by atoms with van der Waals surface area (Å²) in [6.07, 6.45) is 6.63. The summed E-state index contributed by atoms with van der Waals surface area (Å²) < 4.78 is 0. The molecule has 3 aromatic heterocycles. The number of nitrogens with zero attached hydrogens (tertiary/aromatic N) is 5. The number of thiazole rings is 1. The number of hydrogen-bond donors (Lipinski definition) is 1. The summed E-state index contributed by atoms with van der Waals surface area (Å²) in [7, 11) is 0. The summed E-state index contributed by atoms with van der Waals surface area (Å²) in [5, 5.41) is 2.69. The number of nitrogens with two attached hydrogens (primary N) is 1. The van der Waals surface area contributed by atoms with E-state index in [1.807, 2.05) is 5.38 Å². The van der Waals surface area contributed by atoms with Crippen LogP contribution >= 0.6 is 11.3 Å².